The lowest BCUT2D eigenvalue weighted by Crippen LogP contribution is -2.27. The van der Waals surface area contributed by atoms with Crippen molar-refractivity contribution in [1.29, 1.82) is 0 Å². The van der Waals surface area contributed by atoms with Gasteiger partial charge in [0.05, 0.1) is 5.69 Å². The number of benzene rings is 1. The SMILES string of the molecule is C[C@@H](N)c1ccc(Br)c(NC(=O)OC(C)(C)C)c1. The Kier molecular flexibility index (Phi) is 4.76. The van der Waals surface area contributed by atoms with Crippen LogP contribution in [0.1, 0.15) is 39.3 Å². The second kappa shape index (κ2) is 5.71. The average Bonchev–Trinajstić information content (AvgIpc) is 2.18. The number of ether oxygens (including phenoxy) is 1. The molecule has 0 aliphatic carbocycles. The van der Waals surface area contributed by atoms with Crippen LogP contribution in [0, 0.1) is 0 Å². The molecule has 0 spiro atoms. The molecule has 0 saturated heterocycles. The van der Waals surface area contributed by atoms with Gasteiger partial charge in [-0.05, 0) is 61.3 Å². The average molecular weight is 315 g/mol. The number of hydrogen-bond acceptors (Lipinski definition) is 3. The van der Waals surface area contributed by atoms with Crippen LogP contribution in [0.5, 0.6) is 0 Å². The van der Waals surface area contributed by atoms with E-state index in [1.54, 1.807) is 0 Å². The number of hydrogen-bond donors (Lipinski definition) is 2. The van der Waals surface area contributed by atoms with Crippen molar-refractivity contribution in [3.05, 3.63) is 28.2 Å². The molecule has 0 heterocycles. The van der Waals surface area contributed by atoms with E-state index in [4.69, 9.17) is 10.5 Å². The molecule has 18 heavy (non-hydrogen) atoms. The van der Waals surface area contributed by atoms with Gasteiger partial charge in [0.15, 0.2) is 0 Å². The highest BCUT2D eigenvalue weighted by Crippen LogP contribution is 2.26. The Morgan fingerprint density at radius 1 is 1.44 bits per heavy atom. The van der Waals surface area contributed by atoms with Crippen LogP contribution >= 0.6 is 15.9 Å². The van der Waals surface area contributed by atoms with Crippen LogP contribution in [-0.4, -0.2) is 11.7 Å². The van der Waals surface area contributed by atoms with Crippen molar-refractivity contribution < 1.29 is 9.53 Å². The third kappa shape index (κ3) is 4.66. The van der Waals surface area contributed by atoms with Gasteiger partial charge >= 0.3 is 6.09 Å². The second-order valence-electron chi connectivity index (χ2n) is 5.15. The highest BCUT2D eigenvalue weighted by molar-refractivity contribution is 9.10. The number of nitrogens with one attached hydrogen (secondary N) is 1. The summed E-state index contributed by atoms with van der Waals surface area (Å²) in [5.41, 5.74) is 6.89. The van der Waals surface area contributed by atoms with Crippen molar-refractivity contribution in [2.24, 2.45) is 5.73 Å². The Morgan fingerprint density at radius 3 is 2.56 bits per heavy atom. The summed E-state index contributed by atoms with van der Waals surface area (Å²) in [5, 5.41) is 2.70. The number of carbonyl (C=O) groups is 1. The van der Waals surface area contributed by atoms with Gasteiger partial charge in [0, 0.05) is 10.5 Å². The summed E-state index contributed by atoms with van der Waals surface area (Å²) >= 11 is 3.38. The van der Waals surface area contributed by atoms with Crippen molar-refractivity contribution >= 4 is 27.7 Å². The quantitative estimate of drug-likeness (QED) is 0.872. The molecule has 0 aliphatic rings. The zero-order valence-corrected chi connectivity index (χ0v) is 12.7. The summed E-state index contributed by atoms with van der Waals surface area (Å²) in [4.78, 5) is 11.7. The van der Waals surface area contributed by atoms with Crippen molar-refractivity contribution in [3.8, 4) is 0 Å². The lowest BCUT2D eigenvalue weighted by atomic mass is 10.1. The van der Waals surface area contributed by atoms with Gasteiger partial charge in [-0.25, -0.2) is 4.79 Å². The number of rotatable bonds is 2. The van der Waals surface area contributed by atoms with E-state index in [1.807, 2.05) is 45.9 Å². The van der Waals surface area contributed by atoms with Gasteiger partial charge in [-0.1, -0.05) is 6.07 Å². The Bertz CT molecular complexity index is 439. The molecule has 0 aliphatic heterocycles. The molecule has 1 aromatic carbocycles. The van der Waals surface area contributed by atoms with Gasteiger partial charge in [-0.3, -0.25) is 5.32 Å². The summed E-state index contributed by atoms with van der Waals surface area (Å²) < 4.78 is 5.98. The van der Waals surface area contributed by atoms with Crippen molar-refractivity contribution in [2.45, 2.75) is 39.3 Å². The van der Waals surface area contributed by atoms with Crippen LogP contribution in [0.3, 0.4) is 0 Å². The molecule has 100 valence electrons. The first-order valence-electron chi connectivity index (χ1n) is 5.74. The number of amides is 1. The molecular formula is C13H19BrN2O2. The van der Waals surface area contributed by atoms with Gasteiger partial charge in [-0.15, -0.1) is 0 Å². The topological polar surface area (TPSA) is 64.3 Å². The summed E-state index contributed by atoms with van der Waals surface area (Å²) in [7, 11) is 0. The lowest BCUT2D eigenvalue weighted by molar-refractivity contribution is 0.0636. The normalized spacial score (nSPS) is 13.0. The standard InChI is InChI=1S/C13H19BrN2O2/c1-8(15)9-5-6-10(14)11(7-9)16-12(17)18-13(2,3)4/h5-8H,15H2,1-4H3,(H,16,17)/t8-/m1/s1. The van der Waals surface area contributed by atoms with Crippen LogP contribution < -0.4 is 11.1 Å². The first kappa shape index (κ1) is 15.0. The van der Waals surface area contributed by atoms with Crippen LogP contribution in [0.4, 0.5) is 10.5 Å². The predicted octanol–water partition coefficient (Wildman–Crippen LogP) is 3.82. The molecule has 0 saturated carbocycles. The predicted molar refractivity (Wildman–Crippen MR) is 76.6 cm³/mol. The summed E-state index contributed by atoms with van der Waals surface area (Å²) in [6, 6.07) is 5.51. The van der Waals surface area contributed by atoms with Crippen LogP contribution in [0.2, 0.25) is 0 Å². The third-order valence-corrected chi connectivity index (χ3v) is 2.84. The van der Waals surface area contributed by atoms with Gasteiger partial charge in [0.1, 0.15) is 5.60 Å². The van der Waals surface area contributed by atoms with Crippen LogP contribution in [-0.2, 0) is 4.74 Å². The number of carbonyl (C=O) groups excluding carboxylic acids is 1. The Hall–Kier alpha value is -1.07. The van der Waals surface area contributed by atoms with E-state index < -0.39 is 11.7 Å². The molecule has 5 heteroatoms. The molecule has 0 radical (unpaired) electrons. The fraction of sp³-hybridized carbons (Fsp3) is 0.462. The first-order valence-corrected chi connectivity index (χ1v) is 6.53. The molecule has 0 unspecified atom stereocenters. The monoisotopic (exact) mass is 314 g/mol. The summed E-state index contributed by atoms with van der Waals surface area (Å²) in [6.45, 7) is 7.35. The zero-order valence-electron chi connectivity index (χ0n) is 11.1. The minimum atomic E-state index is -0.519. The Morgan fingerprint density at radius 2 is 2.06 bits per heavy atom. The smallest absolute Gasteiger partial charge is 0.412 e. The molecule has 1 atom stereocenters. The molecule has 0 aromatic heterocycles. The second-order valence-corrected chi connectivity index (χ2v) is 6.01. The largest absolute Gasteiger partial charge is 0.444 e. The van der Waals surface area contributed by atoms with E-state index in [1.165, 1.54) is 0 Å². The minimum absolute atomic E-state index is 0.0858. The maximum atomic E-state index is 11.7. The van der Waals surface area contributed by atoms with E-state index in [9.17, 15) is 4.79 Å². The number of nitrogens with two attached hydrogens (primary N) is 1. The zero-order chi connectivity index (χ0) is 13.9. The number of anilines is 1. The van der Waals surface area contributed by atoms with E-state index in [2.05, 4.69) is 21.2 Å². The fourth-order valence-electron chi connectivity index (χ4n) is 1.34. The van der Waals surface area contributed by atoms with E-state index in [-0.39, 0.29) is 6.04 Å². The Labute approximate surface area is 116 Å². The van der Waals surface area contributed by atoms with Gasteiger partial charge in [-0.2, -0.15) is 0 Å². The van der Waals surface area contributed by atoms with E-state index in [0.29, 0.717) is 5.69 Å². The molecule has 1 aromatic rings. The number of halogens is 1. The van der Waals surface area contributed by atoms with Crippen molar-refractivity contribution in [1.82, 2.24) is 0 Å². The molecule has 0 fully saturated rings. The Balaban J connectivity index is 2.84. The molecule has 3 N–H and O–H groups in total. The van der Waals surface area contributed by atoms with Crippen molar-refractivity contribution in [2.75, 3.05) is 5.32 Å². The van der Waals surface area contributed by atoms with Gasteiger partial charge in [0.2, 0.25) is 0 Å². The third-order valence-electron chi connectivity index (χ3n) is 2.15. The molecular weight excluding hydrogens is 296 g/mol. The van der Waals surface area contributed by atoms with Crippen molar-refractivity contribution in [3.63, 3.8) is 0 Å². The molecule has 1 amide bonds. The molecule has 4 nitrogen and oxygen atoms in total. The van der Waals surface area contributed by atoms with Crippen LogP contribution in [0.25, 0.3) is 0 Å². The first-order chi connectivity index (χ1) is 8.19. The van der Waals surface area contributed by atoms with Crippen LogP contribution in [0.15, 0.2) is 22.7 Å². The maximum absolute atomic E-state index is 11.7. The van der Waals surface area contributed by atoms with E-state index >= 15 is 0 Å². The summed E-state index contributed by atoms with van der Waals surface area (Å²) in [6.07, 6.45) is -0.481. The fourth-order valence-corrected chi connectivity index (χ4v) is 1.68. The summed E-state index contributed by atoms with van der Waals surface area (Å²) in [5.74, 6) is 0. The minimum Gasteiger partial charge on any atom is -0.444 e. The highest BCUT2D eigenvalue weighted by Gasteiger charge is 2.17. The van der Waals surface area contributed by atoms with Gasteiger partial charge < -0.3 is 10.5 Å². The lowest BCUT2D eigenvalue weighted by Gasteiger charge is -2.20. The van der Waals surface area contributed by atoms with Gasteiger partial charge in [0.25, 0.3) is 0 Å². The molecule has 0 bridgehead atoms. The van der Waals surface area contributed by atoms with E-state index in [0.717, 1.165) is 10.0 Å². The molecule has 1 rings (SSSR count). The maximum Gasteiger partial charge on any atom is 0.412 e. The highest BCUT2D eigenvalue weighted by atomic mass is 79.9.